The number of benzene rings is 1. The first-order valence-corrected chi connectivity index (χ1v) is 6.70. The number of hydrogen-bond donors (Lipinski definition) is 2. The average Bonchev–Trinajstić information content (AvgIpc) is 2.90. The van der Waals surface area contributed by atoms with E-state index in [-0.39, 0.29) is 17.6 Å². The number of aromatic nitrogens is 1. The Labute approximate surface area is 120 Å². The van der Waals surface area contributed by atoms with E-state index in [4.69, 9.17) is 0 Å². The van der Waals surface area contributed by atoms with Crippen LogP contribution in [0, 0.1) is 10.1 Å². The van der Waals surface area contributed by atoms with Gasteiger partial charge in [0.25, 0.3) is 5.69 Å². The summed E-state index contributed by atoms with van der Waals surface area (Å²) in [4.78, 5) is 26.0. The lowest BCUT2D eigenvalue weighted by Crippen LogP contribution is -2.31. The Morgan fingerprint density at radius 3 is 3.00 bits per heavy atom. The number of pyridine rings is 1. The van der Waals surface area contributed by atoms with Gasteiger partial charge < -0.3 is 10.6 Å². The fraction of sp³-hybridized carbons (Fsp3) is 0.286. The van der Waals surface area contributed by atoms with Crippen LogP contribution in [0.4, 0.5) is 11.4 Å². The highest BCUT2D eigenvalue weighted by Crippen LogP contribution is 2.29. The monoisotopic (exact) mass is 286 g/mol. The summed E-state index contributed by atoms with van der Waals surface area (Å²) < 4.78 is 0. The normalized spacial score (nSPS) is 17.7. The summed E-state index contributed by atoms with van der Waals surface area (Å²) in [6.07, 6.45) is 2.95. The van der Waals surface area contributed by atoms with Gasteiger partial charge in [0.15, 0.2) is 0 Å². The molecule has 1 aliphatic heterocycles. The van der Waals surface area contributed by atoms with Crippen molar-refractivity contribution in [2.45, 2.75) is 18.9 Å². The number of non-ortho nitro benzene ring substituents is 1. The molecule has 0 spiro atoms. The molecule has 3 rings (SSSR count). The molecule has 1 saturated heterocycles. The molecule has 7 nitrogen and oxygen atoms in total. The summed E-state index contributed by atoms with van der Waals surface area (Å²) in [5.74, 6) is 0.0634. The molecule has 21 heavy (non-hydrogen) atoms. The van der Waals surface area contributed by atoms with E-state index in [1.54, 1.807) is 24.4 Å². The van der Waals surface area contributed by atoms with Gasteiger partial charge in [0, 0.05) is 31.3 Å². The summed E-state index contributed by atoms with van der Waals surface area (Å²) >= 11 is 0. The summed E-state index contributed by atoms with van der Waals surface area (Å²) in [7, 11) is 0. The third kappa shape index (κ3) is 2.62. The Balaban J connectivity index is 1.87. The first kappa shape index (κ1) is 13.3. The van der Waals surface area contributed by atoms with E-state index in [9.17, 15) is 14.9 Å². The smallest absolute Gasteiger partial charge is 0.278 e. The number of anilines is 1. The Morgan fingerprint density at radius 2 is 2.29 bits per heavy atom. The Morgan fingerprint density at radius 1 is 1.43 bits per heavy atom. The number of nitro benzene ring substituents is 1. The van der Waals surface area contributed by atoms with Crippen molar-refractivity contribution in [3.63, 3.8) is 0 Å². The van der Waals surface area contributed by atoms with Crippen molar-refractivity contribution < 1.29 is 9.72 Å². The van der Waals surface area contributed by atoms with Crippen molar-refractivity contribution in [1.29, 1.82) is 0 Å². The van der Waals surface area contributed by atoms with Crippen molar-refractivity contribution >= 4 is 28.2 Å². The third-order valence-electron chi connectivity index (χ3n) is 3.57. The molecule has 1 atom stereocenters. The molecule has 1 unspecified atom stereocenters. The number of hydrogen-bond acceptors (Lipinski definition) is 5. The van der Waals surface area contributed by atoms with E-state index >= 15 is 0 Å². The van der Waals surface area contributed by atoms with Gasteiger partial charge in [-0.3, -0.25) is 19.9 Å². The Bertz CT molecular complexity index is 716. The molecule has 2 N–H and O–H groups in total. The van der Waals surface area contributed by atoms with Crippen molar-refractivity contribution in [3.8, 4) is 0 Å². The summed E-state index contributed by atoms with van der Waals surface area (Å²) in [5.41, 5.74) is 1.34. The molecule has 0 bridgehead atoms. The number of carbonyl (C=O) groups excluding carboxylic acids is 1. The van der Waals surface area contributed by atoms with Crippen LogP contribution in [0.1, 0.15) is 12.8 Å². The third-order valence-corrected chi connectivity index (χ3v) is 3.57. The Kier molecular flexibility index (Phi) is 3.39. The highest BCUT2D eigenvalue weighted by atomic mass is 16.6. The minimum Gasteiger partial charge on any atom is -0.381 e. The maximum Gasteiger partial charge on any atom is 0.278 e. The zero-order valence-electron chi connectivity index (χ0n) is 11.2. The van der Waals surface area contributed by atoms with E-state index in [0.29, 0.717) is 23.9 Å². The van der Waals surface area contributed by atoms with Crippen LogP contribution in [0.25, 0.3) is 10.9 Å². The van der Waals surface area contributed by atoms with E-state index in [0.717, 1.165) is 12.1 Å². The summed E-state index contributed by atoms with van der Waals surface area (Å²) in [6.45, 7) is 0.579. The van der Waals surface area contributed by atoms with Crippen LogP contribution in [0.2, 0.25) is 0 Å². The molecular formula is C14H14N4O3. The number of nitrogens with one attached hydrogen (secondary N) is 2. The van der Waals surface area contributed by atoms with Crippen molar-refractivity contribution in [1.82, 2.24) is 10.3 Å². The number of carbonyl (C=O) groups is 1. The van der Waals surface area contributed by atoms with Gasteiger partial charge in [-0.2, -0.15) is 0 Å². The van der Waals surface area contributed by atoms with Crippen LogP contribution in [-0.2, 0) is 4.79 Å². The van der Waals surface area contributed by atoms with Crippen LogP contribution < -0.4 is 10.6 Å². The lowest BCUT2D eigenvalue weighted by molar-refractivity contribution is -0.383. The molecule has 1 aliphatic rings. The Hall–Kier alpha value is -2.70. The second kappa shape index (κ2) is 5.35. The zero-order valence-corrected chi connectivity index (χ0v) is 11.2. The molecule has 0 radical (unpaired) electrons. The summed E-state index contributed by atoms with van der Waals surface area (Å²) in [6, 6.07) is 6.58. The maximum atomic E-state index is 11.2. The maximum absolute atomic E-state index is 11.2. The zero-order chi connectivity index (χ0) is 14.8. The molecule has 2 aromatic rings. The molecule has 0 saturated carbocycles. The topological polar surface area (TPSA) is 97.2 Å². The van der Waals surface area contributed by atoms with Gasteiger partial charge in [-0.15, -0.1) is 0 Å². The second-order valence-corrected chi connectivity index (χ2v) is 4.97. The molecule has 1 aromatic carbocycles. The van der Waals surface area contributed by atoms with Crippen molar-refractivity contribution in [2.24, 2.45) is 0 Å². The van der Waals surface area contributed by atoms with Gasteiger partial charge in [0.1, 0.15) is 5.52 Å². The van der Waals surface area contributed by atoms with Crippen LogP contribution in [0.15, 0.2) is 30.5 Å². The molecule has 108 valence electrons. The summed E-state index contributed by atoms with van der Waals surface area (Å²) in [5, 5.41) is 17.6. The number of amides is 1. The molecular weight excluding hydrogens is 272 g/mol. The van der Waals surface area contributed by atoms with Gasteiger partial charge >= 0.3 is 0 Å². The highest BCUT2D eigenvalue weighted by Gasteiger charge is 2.21. The first-order valence-electron chi connectivity index (χ1n) is 6.70. The SMILES string of the molecule is O=C1CCC(CNc2ccc([N+](=O)[O-])c3cccnc23)N1. The standard InChI is InChI=1S/C14H14N4O3/c19-13-6-3-9(17-13)8-16-11-4-5-12(18(20)21)10-2-1-7-15-14(10)11/h1-2,4-5,7,9,16H,3,6,8H2,(H,17,19). The molecule has 0 aliphatic carbocycles. The van der Waals surface area contributed by atoms with Crippen molar-refractivity contribution in [2.75, 3.05) is 11.9 Å². The molecule has 2 heterocycles. The van der Waals surface area contributed by atoms with Gasteiger partial charge in [0.2, 0.25) is 5.91 Å². The van der Waals surface area contributed by atoms with Crippen LogP contribution in [-0.4, -0.2) is 28.4 Å². The van der Waals surface area contributed by atoms with Crippen LogP contribution in [0.3, 0.4) is 0 Å². The molecule has 1 amide bonds. The largest absolute Gasteiger partial charge is 0.381 e. The molecule has 1 aromatic heterocycles. The van der Waals surface area contributed by atoms with Gasteiger partial charge in [-0.25, -0.2) is 0 Å². The van der Waals surface area contributed by atoms with Gasteiger partial charge in [-0.05, 0) is 24.6 Å². The average molecular weight is 286 g/mol. The molecule has 1 fully saturated rings. The number of fused-ring (bicyclic) bond motifs is 1. The van der Waals surface area contributed by atoms with E-state index in [1.807, 2.05) is 0 Å². The van der Waals surface area contributed by atoms with E-state index in [2.05, 4.69) is 15.6 Å². The first-order chi connectivity index (χ1) is 10.1. The van der Waals surface area contributed by atoms with Gasteiger partial charge in [0.05, 0.1) is 16.0 Å². The highest BCUT2D eigenvalue weighted by molar-refractivity contribution is 5.96. The minimum absolute atomic E-state index is 0.0396. The number of nitro groups is 1. The van der Waals surface area contributed by atoms with E-state index in [1.165, 1.54) is 6.07 Å². The fourth-order valence-corrected chi connectivity index (χ4v) is 2.52. The number of rotatable bonds is 4. The van der Waals surface area contributed by atoms with Crippen molar-refractivity contribution in [3.05, 3.63) is 40.6 Å². The molecule has 7 heteroatoms. The van der Waals surface area contributed by atoms with Gasteiger partial charge in [-0.1, -0.05) is 0 Å². The minimum atomic E-state index is -0.412. The van der Waals surface area contributed by atoms with E-state index < -0.39 is 4.92 Å². The quantitative estimate of drug-likeness (QED) is 0.660. The predicted molar refractivity (Wildman–Crippen MR) is 78.1 cm³/mol. The van der Waals surface area contributed by atoms with Crippen LogP contribution >= 0.6 is 0 Å². The number of nitrogens with zero attached hydrogens (tertiary/aromatic N) is 2. The predicted octanol–water partition coefficient (Wildman–Crippen LogP) is 1.83. The van der Waals surface area contributed by atoms with Crippen LogP contribution in [0.5, 0.6) is 0 Å². The lowest BCUT2D eigenvalue weighted by Gasteiger charge is -2.13. The fourth-order valence-electron chi connectivity index (χ4n) is 2.52. The second-order valence-electron chi connectivity index (χ2n) is 4.97. The lowest BCUT2D eigenvalue weighted by atomic mass is 10.1.